The van der Waals surface area contributed by atoms with Crippen LogP contribution in [0.5, 0.6) is 0 Å². The number of benzene rings is 2. The fourth-order valence-corrected chi connectivity index (χ4v) is 4.82. The Labute approximate surface area is 163 Å². The quantitative estimate of drug-likeness (QED) is 0.596. The lowest BCUT2D eigenvalue weighted by molar-refractivity contribution is -0.137. The molecule has 1 N–H and O–H groups in total. The average Bonchev–Trinajstić information content (AvgIpc) is 2.56. The van der Waals surface area contributed by atoms with Crippen LogP contribution in [0.15, 0.2) is 47.4 Å². The molecule has 0 saturated heterocycles. The highest BCUT2D eigenvalue weighted by Crippen LogP contribution is 2.30. The van der Waals surface area contributed by atoms with Crippen molar-refractivity contribution in [1.82, 2.24) is 4.72 Å². The maximum atomic E-state index is 12.7. The Balaban J connectivity index is 1.91. The van der Waals surface area contributed by atoms with Gasteiger partial charge in [-0.05, 0) is 35.9 Å². The van der Waals surface area contributed by atoms with Crippen molar-refractivity contribution in [1.29, 1.82) is 0 Å². The van der Waals surface area contributed by atoms with Gasteiger partial charge >= 0.3 is 6.18 Å². The van der Waals surface area contributed by atoms with E-state index in [1.54, 1.807) is 18.2 Å². The van der Waals surface area contributed by atoms with E-state index in [4.69, 9.17) is 23.2 Å². The van der Waals surface area contributed by atoms with Crippen molar-refractivity contribution in [2.75, 3.05) is 12.3 Å². The maximum Gasteiger partial charge on any atom is 0.416 e. The molecule has 0 saturated carbocycles. The fraction of sp³-hybridized carbons (Fsp3) is 0.250. The van der Waals surface area contributed by atoms with E-state index in [1.165, 1.54) is 11.8 Å². The molecule has 0 amide bonds. The monoisotopic (exact) mass is 443 g/mol. The Hall–Kier alpha value is -0.930. The highest BCUT2D eigenvalue weighted by molar-refractivity contribution is 7.98. The molecule has 0 fully saturated rings. The van der Waals surface area contributed by atoms with E-state index < -0.39 is 26.7 Å². The van der Waals surface area contributed by atoms with Gasteiger partial charge in [0.05, 0.1) is 10.5 Å². The van der Waals surface area contributed by atoms with Crippen LogP contribution in [0, 0.1) is 0 Å². The first-order valence-electron chi connectivity index (χ1n) is 7.29. The molecule has 0 aromatic heterocycles. The smallest absolute Gasteiger partial charge is 0.210 e. The molecule has 0 aliphatic carbocycles. The van der Waals surface area contributed by atoms with Crippen LogP contribution < -0.4 is 4.72 Å². The van der Waals surface area contributed by atoms with E-state index in [2.05, 4.69) is 4.72 Å². The number of thioether (sulfide) groups is 1. The number of hydrogen-bond acceptors (Lipinski definition) is 3. The lowest BCUT2D eigenvalue weighted by atomic mass is 10.2. The first kappa shape index (κ1) is 21.4. The second-order valence-electron chi connectivity index (χ2n) is 5.18. The summed E-state index contributed by atoms with van der Waals surface area (Å²) in [4.78, 5) is -0.425. The third-order valence-electron chi connectivity index (χ3n) is 3.32. The topological polar surface area (TPSA) is 46.2 Å². The summed E-state index contributed by atoms with van der Waals surface area (Å²) in [6.45, 7) is 0.0608. The summed E-state index contributed by atoms with van der Waals surface area (Å²) in [6, 6.07) is 8.75. The lowest BCUT2D eigenvalue weighted by Gasteiger charge is -2.10. The van der Waals surface area contributed by atoms with Crippen molar-refractivity contribution in [3.05, 3.63) is 63.6 Å². The molecule has 0 atom stereocenters. The summed E-state index contributed by atoms with van der Waals surface area (Å²) in [6.07, 6.45) is -4.60. The van der Waals surface area contributed by atoms with Gasteiger partial charge in [-0.25, -0.2) is 13.1 Å². The van der Waals surface area contributed by atoms with E-state index in [0.29, 0.717) is 27.6 Å². The predicted molar refractivity (Wildman–Crippen MR) is 99.3 cm³/mol. The standard InChI is InChI=1S/C16H14Cl2F3NO2S2/c17-14-5-2-6-15(18)13(14)10-25-8-7-22-26(23,24)12-4-1-3-11(9-12)16(19,20)21/h1-6,9,22H,7-8,10H2. The van der Waals surface area contributed by atoms with Crippen molar-refractivity contribution in [3.63, 3.8) is 0 Å². The van der Waals surface area contributed by atoms with Crippen LogP contribution in [0.3, 0.4) is 0 Å². The zero-order valence-electron chi connectivity index (χ0n) is 13.2. The first-order chi connectivity index (χ1) is 12.1. The molecule has 0 spiro atoms. The van der Waals surface area contributed by atoms with Crippen LogP contribution in [-0.4, -0.2) is 20.7 Å². The fourth-order valence-electron chi connectivity index (χ4n) is 2.02. The summed E-state index contributed by atoms with van der Waals surface area (Å²) < 4.78 is 64.6. The van der Waals surface area contributed by atoms with E-state index >= 15 is 0 Å². The first-order valence-corrected chi connectivity index (χ1v) is 10.7. The van der Waals surface area contributed by atoms with Gasteiger partial charge in [-0.2, -0.15) is 24.9 Å². The average molecular weight is 444 g/mol. The molecule has 26 heavy (non-hydrogen) atoms. The van der Waals surface area contributed by atoms with Crippen LogP contribution >= 0.6 is 35.0 Å². The van der Waals surface area contributed by atoms with Gasteiger partial charge in [0.25, 0.3) is 0 Å². The number of hydrogen-bond donors (Lipinski definition) is 1. The van der Waals surface area contributed by atoms with Crippen molar-refractivity contribution < 1.29 is 21.6 Å². The Morgan fingerprint density at radius 2 is 1.65 bits per heavy atom. The van der Waals surface area contributed by atoms with Crippen molar-refractivity contribution in [2.24, 2.45) is 0 Å². The van der Waals surface area contributed by atoms with Gasteiger partial charge in [-0.1, -0.05) is 35.3 Å². The molecular formula is C16H14Cl2F3NO2S2. The molecule has 142 valence electrons. The number of alkyl halides is 3. The lowest BCUT2D eigenvalue weighted by Crippen LogP contribution is -2.26. The number of halogens is 5. The Bertz CT molecular complexity index is 854. The van der Waals surface area contributed by atoms with E-state index in [9.17, 15) is 21.6 Å². The van der Waals surface area contributed by atoms with Crippen molar-refractivity contribution in [2.45, 2.75) is 16.8 Å². The minimum Gasteiger partial charge on any atom is -0.210 e. The second-order valence-corrected chi connectivity index (χ2v) is 8.86. The second kappa shape index (κ2) is 8.84. The zero-order chi connectivity index (χ0) is 19.4. The number of sulfonamides is 1. The molecule has 2 aromatic carbocycles. The minimum absolute atomic E-state index is 0.0608. The van der Waals surface area contributed by atoms with Gasteiger partial charge in [0.15, 0.2) is 0 Å². The van der Waals surface area contributed by atoms with Gasteiger partial charge < -0.3 is 0 Å². The van der Waals surface area contributed by atoms with E-state index in [0.717, 1.165) is 23.8 Å². The molecule has 0 bridgehead atoms. The summed E-state index contributed by atoms with van der Waals surface area (Å²) >= 11 is 13.5. The van der Waals surface area contributed by atoms with E-state index in [-0.39, 0.29) is 6.54 Å². The molecule has 2 rings (SSSR count). The van der Waals surface area contributed by atoms with E-state index in [1.807, 2.05) is 0 Å². The van der Waals surface area contributed by atoms with Crippen LogP contribution in [0.25, 0.3) is 0 Å². The summed E-state index contributed by atoms with van der Waals surface area (Å²) in [5, 5.41) is 1.05. The van der Waals surface area contributed by atoms with Gasteiger partial charge in [0.2, 0.25) is 10.0 Å². The molecule has 0 aliphatic rings. The van der Waals surface area contributed by atoms with Crippen LogP contribution in [-0.2, 0) is 22.0 Å². The molecule has 10 heteroatoms. The molecule has 2 aromatic rings. The molecule has 0 aliphatic heterocycles. The van der Waals surface area contributed by atoms with Crippen molar-refractivity contribution in [3.8, 4) is 0 Å². The SMILES string of the molecule is O=S(=O)(NCCSCc1c(Cl)cccc1Cl)c1cccc(C(F)(F)F)c1. The number of rotatable bonds is 7. The zero-order valence-corrected chi connectivity index (χ0v) is 16.3. The summed E-state index contributed by atoms with van der Waals surface area (Å²) in [5.41, 5.74) is -0.260. The van der Waals surface area contributed by atoms with Gasteiger partial charge in [0.1, 0.15) is 0 Å². The van der Waals surface area contributed by atoms with Crippen molar-refractivity contribution >= 4 is 45.0 Å². The van der Waals surface area contributed by atoms with Gasteiger partial charge in [0, 0.05) is 28.1 Å². The highest BCUT2D eigenvalue weighted by Gasteiger charge is 2.31. The molecule has 0 radical (unpaired) electrons. The molecule has 3 nitrogen and oxygen atoms in total. The maximum absolute atomic E-state index is 12.7. The van der Waals surface area contributed by atoms with Gasteiger partial charge in [-0.15, -0.1) is 0 Å². The van der Waals surface area contributed by atoms with Gasteiger partial charge in [-0.3, -0.25) is 0 Å². The Kier molecular flexibility index (Phi) is 7.27. The summed E-state index contributed by atoms with van der Waals surface area (Å²) in [5.74, 6) is 0.892. The largest absolute Gasteiger partial charge is 0.416 e. The summed E-state index contributed by atoms with van der Waals surface area (Å²) in [7, 11) is -4.02. The number of nitrogens with one attached hydrogen (secondary N) is 1. The molecule has 0 heterocycles. The third kappa shape index (κ3) is 5.79. The molecule has 0 unspecified atom stereocenters. The normalized spacial score (nSPS) is 12.3. The Morgan fingerprint density at radius 3 is 2.27 bits per heavy atom. The van der Waals surface area contributed by atoms with Crippen LogP contribution in [0.4, 0.5) is 13.2 Å². The Morgan fingerprint density at radius 1 is 1.04 bits per heavy atom. The predicted octanol–water partition coefficient (Wildman–Crippen LogP) is 5.22. The van der Waals surface area contributed by atoms with Crippen LogP contribution in [0.1, 0.15) is 11.1 Å². The minimum atomic E-state index is -4.60. The van der Waals surface area contributed by atoms with Crippen LogP contribution in [0.2, 0.25) is 10.0 Å². The third-order valence-corrected chi connectivity index (χ3v) is 6.47. The molecular weight excluding hydrogens is 430 g/mol. The highest BCUT2D eigenvalue weighted by atomic mass is 35.5.